The molecule has 0 atom stereocenters. The van der Waals surface area contributed by atoms with Gasteiger partial charge in [0, 0.05) is 24.7 Å². The zero-order chi connectivity index (χ0) is 19.4. The molecule has 0 saturated heterocycles. The number of carbonyl (C=O) groups is 2. The molecule has 0 fully saturated rings. The Bertz CT molecular complexity index is 977. The van der Waals surface area contributed by atoms with Crippen molar-refractivity contribution in [2.24, 2.45) is 0 Å². The molecule has 0 bridgehead atoms. The SMILES string of the molecule is Cc1ccc(-c2cc(C(=O)NCCNC(=O)c3ccc(C)c(F)c3)n[nH]2)o1. The van der Waals surface area contributed by atoms with Crippen molar-refractivity contribution < 1.29 is 18.4 Å². The number of aromatic amines is 1. The molecule has 0 spiro atoms. The van der Waals surface area contributed by atoms with Crippen molar-refractivity contribution in [3.05, 3.63) is 64.8 Å². The third-order valence-electron chi connectivity index (χ3n) is 3.95. The number of furan rings is 1. The molecule has 0 saturated carbocycles. The van der Waals surface area contributed by atoms with Crippen LogP contribution in [-0.2, 0) is 0 Å². The van der Waals surface area contributed by atoms with E-state index in [1.807, 2.05) is 13.0 Å². The van der Waals surface area contributed by atoms with Gasteiger partial charge >= 0.3 is 0 Å². The molecule has 7 nitrogen and oxygen atoms in total. The molecule has 1 aromatic carbocycles. The summed E-state index contributed by atoms with van der Waals surface area (Å²) in [6.45, 7) is 3.86. The van der Waals surface area contributed by atoms with Gasteiger partial charge in [-0.2, -0.15) is 5.10 Å². The molecule has 140 valence electrons. The number of hydrogen-bond acceptors (Lipinski definition) is 4. The van der Waals surface area contributed by atoms with Crippen LogP contribution < -0.4 is 10.6 Å². The summed E-state index contributed by atoms with van der Waals surface area (Å²) in [5.74, 6) is 0.137. The minimum Gasteiger partial charge on any atom is -0.460 e. The second-order valence-corrected chi connectivity index (χ2v) is 6.05. The lowest BCUT2D eigenvalue weighted by Crippen LogP contribution is -2.34. The zero-order valence-corrected chi connectivity index (χ0v) is 14.9. The van der Waals surface area contributed by atoms with Crippen molar-refractivity contribution in [3.63, 3.8) is 0 Å². The Hall–Kier alpha value is -3.42. The van der Waals surface area contributed by atoms with E-state index in [9.17, 15) is 14.0 Å². The van der Waals surface area contributed by atoms with Gasteiger partial charge in [0.15, 0.2) is 11.5 Å². The molecule has 3 rings (SSSR count). The average molecular weight is 370 g/mol. The van der Waals surface area contributed by atoms with Crippen LogP contribution in [0.4, 0.5) is 4.39 Å². The van der Waals surface area contributed by atoms with E-state index in [2.05, 4.69) is 20.8 Å². The molecule has 2 heterocycles. The van der Waals surface area contributed by atoms with Crippen molar-refractivity contribution in [2.75, 3.05) is 13.1 Å². The Kier molecular flexibility index (Phi) is 5.35. The Morgan fingerprint density at radius 2 is 1.81 bits per heavy atom. The van der Waals surface area contributed by atoms with E-state index in [0.29, 0.717) is 17.0 Å². The number of aromatic nitrogens is 2. The maximum Gasteiger partial charge on any atom is 0.271 e. The Morgan fingerprint density at radius 3 is 2.48 bits per heavy atom. The Labute approximate surface area is 155 Å². The topological polar surface area (TPSA) is 100 Å². The molecule has 8 heteroatoms. The van der Waals surface area contributed by atoms with Gasteiger partial charge in [-0.3, -0.25) is 14.7 Å². The second kappa shape index (κ2) is 7.86. The van der Waals surface area contributed by atoms with Gasteiger partial charge < -0.3 is 15.1 Å². The van der Waals surface area contributed by atoms with Crippen molar-refractivity contribution in [3.8, 4) is 11.5 Å². The number of benzene rings is 1. The van der Waals surface area contributed by atoms with Gasteiger partial charge in [-0.1, -0.05) is 6.07 Å². The van der Waals surface area contributed by atoms with Crippen LogP contribution in [0.3, 0.4) is 0 Å². The van der Waals surface area contributed by atoms with E-state index in [0.717, 1.165) is 5.76 Å². The predicted octanol–water partition coefficient (Wildman–Crippen LogP) is 2.59. The molecular weight excluding hydrogens is 351 g/mol. The number of amides is 2. The van der Waals surface area contributed by atoms with E-state index < -0.39 is 11.7 Å². The number of hydrogen-bond donors (Lipinski definition) is 3. The second-order valence-electron chi connectivity index (χ2n) is 6.05. The highest BCUT2D eigenvalue weighted by molar-refractivity contribution is 5.94. The van der Waals surface area contributed by atoms with Crippen LogP contribution in [0.1, 0.15) is 32.2 Å². The van der Waals surface area contributed by atoms with Gasteiger partial charge in [0.1, 0.15) is 17.3 Å². The average Bonchev–Trinajstić information content (AvgIpc) is 3.29. The van der Waals surface area contributed by atoms with Gasteiger partial charge in [0.2, 0.25) is 0 Å². The van der Waals surface area contributed by atoms with Crippen molar-refractivity contribution >= 4 is 11.8 Å². The normalized spacial score (nSPS) is 10.6. The summed E-state index contributed by atoms with van der Waals surface area (Å²) in [5, 5.41) is 12.0. The summed E-state index contributed by atoms with van der Waals surface area (Å²) >= 11 is 0. The van der Waals surface area contributed by atoms with Crippen LogP contribution in [0.25, 0.3) is 11.5 Å². The number of nitrogens with one attached hydrogen (secondary N) is 3. The summed E-state index contributed by atoms with van der Waals surface area (Å²) in [7, 11) is 0. The summed E-state index contributed by atoms with van der Waals surface area (Å²) in [4.78, 5) is 24.1. The molecule has 27 heavy (non-hydrogen) atoms. The highest BCUT2D eigenvalue weighted by atomic mass is 19.1. The monoisotopic (exact) mass is 370 g/mol. The highest BCUT2D eigenvalue weighted by Gasteiger charge is 2.13. The maximum absolute atomic E-state index is 13.5. The largest absolute Gasteiger partial charge is 0.460 e. The van der Waals surface area contributed by atoms with Gasteiger partial charge in [-0.15, -0.1) is 0 Å². The highest BCUT2D eigenvalue weighted by Crippen LogP contribution is 2.20. The summed E-state index contributed by atoms with van der Waals surface area (Å²) < 4.78 is 19.0. The fraction of sp³-hybridized carbons (Fsp3) is 0.211. The first-order valence-electron chi connectivity index (χ1n) is 8.39. The van der Waals surface area contributed by atoms with Gasteiger partial charge in [0.25, 0.3) is 11.8 Å². The van der Waals surface area contributed by atoms with Gasteiger partial charge in [-0.25, -0.2) is 4.39 Å². The van der Waals surface area contributed by atoms with E-state index in [1.54, 1.807) is 31.2 Å². The number of nitrogens with zero attached hydrogens (tertiary/aromatic N) is 1. The van der Waals surface area contributed by atoms with Crippen molar-refractivity contribution in [1.29, 1.82) is 0 Å². The van der Waals surface area contributed by atoms with E-state index in [4.69, 9.17) is 4.42 Å². The molecule has 3 aromatic rings. The maximum atomic E-state index is 13.5. The van der Waals surface area contributed by atoms with Crippen molar-refractivity contribution in [2.45, 2.75) is 13.8 Å². The molecule has 0 aliphatic carbocycles. The summed E-state index contributed by atoms with van der Waals surface area (Å²) in [6, 6.07) is 9.47. The summed E-state index contributed by atoms with van der Waals surface area (Å²) in [5.41, 5.74) is 1.52. The van der Waals surface area contributed by atoms with Crippen LogP contribution in [0, 0.1) is 19.7 Å². The van der Waals surface area contributed by atoms with E-state index in [-0.39, 0.29) is 30.3 Å². The Morgan fingerprint density at radius 1 is 1.07 bits per heavy atom. The first kappa shape index (κ1) is 18.4. The van der Waals surface area contributed by atoms with Crippen LogP contribution >= 0.6 is 0 Å². The summed E-state index contributed by atoms with van der Waals surface area (Å²) in [6.07, 6.45) is 0. The van der Waals surface area contributed by atoms with Crippen molar-refractivity contribution in [1.82, 2.24) is 20.8 Å². The third kappa shape index (κ3) is 4.41. The lowest BCUT2D eigenvalue weighted by molar-refractivity contribution is 0.0925. The first-order valence-corrected chi connectivity index (χ1v) is 8.39. The number of carbonyl (C=O) groups excluding carboxylic acids is 2. The Balaban J connectivity index is 1.47. The van der Waals surface area contributed by atoms with Gasteiger partial charge in [-0.05, 0) is 43.7 Å². The number of rotatable bonds is 6. The van der Waals surface area contributed by atoms with Crippen LogP contribution in [0.15, 0.2) is 40.8 Å². The third-order valence-corrected chi connectivity index (χ3v) is 3.95. The fourth-order valence-corrected chi connectivity index (χ4v) is 2.42. The smallest absolute Gasteiger partial charge is 0.271 e. The number of halogens is 1. The van der Waals surface area contributed by atoms with Crippen LogP contribution in [0.5, 0.6) is 0 Å². The molecule has 0 radical (unpaired) electrons. The van der Waals surface area contributed by atoms with Gasteiger partial charge in [0.05, 0.1) is 0 Å². The predicted molar refractivity (Wildman–Crippen MR) is 96.8 cm³/mol. The van der Waals surface area contributed by atoms with Crippen LogP contribution in [-0.4, -0.2) is 35.1 Å². The molecule has 0 unspecified atom stereocenters. The van der Waals surface area contributed by atoms with Crippen LogP contribution in [0.2, 0.25) is 0 Å². The van der Waals surface area contributed by atoms with E-state index >= 15 is 0 Å². The lowest BCUT2D eigenvalue weighted by Gasteiger charge is -2.07. The molecular formula is C19H19FN4O3. The lowest BCUT2D eigenvalue weighted by atomic mass is 10.1. The van der Waals surface area contributed by atoms with E-state index in [1.165, 1.54) is 6.07 Å². The number of H-pyrrole nitrogens is 1. The molecule has 2 amide bonds. The molecule has 3 N–H and O–H groups in total. The molecule has 0 aliphatic rings. The standard InChI is InChI=1S/C19H19FN4O3/c1-11-3-5-13(9-14(11)20)18(25)21-7-8-22-19(26)16-10-15(23-24-16)17-6-4-12(2)27-17/h3-6,9-10H,7-8H2,1-2H3,(H,21,25)(H,22,26)(H,23,24). The molecule has 2 aromatic heterocycles. The fourth-order valence-electron chi connectivity index (χ4n) is 2.42. The quantitative estimate of drug-likeness (QED) is 0.581. The minimum absolute atomic E-state index is 0.203. The zero-order valence-electron chi connectivity index (χ0n) is 14.9. The minimum atomic E-state index is -0.433. The number of aryl methyl sites for hydroxylation is 2. The molecule has 0 aliphatic heterocycles. The first-order chi connectivity index (χ1) is 12.9.